The maximum atomic E-state index is 12.5. The number of ether oxygens (including phenoxy) is 2. The molecule has 0 unspecified atom stereocenters. The van der Waals surface area contributed by atoms with E-state index >= 15 is 0 Å². The fourth-order valence-electron chi connectivity index (χ4n) is 3.00. The lowest BCUT2D eigenvalue weighted by molar-refractivity contribution is -0.151. The predicted octanol–water partition coefficient (Wildman–Crippen LogP) is 2.39. The normalized spacial score (nSPS) is 16.1. The van der Waals surface area contributed by atoms with Crippen molar-refractivity contribution in [3.8, 4) is 23.7 Å². The van der Waals surface area contributed by atoms with E-state index in [1.54, 1.807) is 26.1 Å². The van der Waals surface area contributed by atoms with E-state index in [-0.39, 0.29) is 16.9 Å². The highest BCUT2D eigenvalue weighted by Crippen LogP contribution is 2.29. The van der Waals surface area contributed by atoms with Crippen molar-refractivity contribution in [1.29, 1.82) is 0 Å². The first-order valence-electron chi connectivity index (χ1n) is 10.2. The molecule has 0 aliphatic carbocycles. The molecule has 0 bridgehead atoms. The van der Waals surface area contributed by atoms with Crippen LogP contribution in [0.25, 0.3) is 11.4 Å². The summed E-state index contributed by atoms with van der Waals surface area (Å²) in [7, 11) is 1.60. The fourth-order valence-corrected chi connectivity index (χ4v) is 3.21. The van der Waals surface area contributed by atoms with Crippen LogP contribution in [0.5, 0.6) is 0 Å². The van der Waals surface area contributed by atoms with Gasteiger partial charge < -0.3 is 20.5 Å². The Morgan fingerprint density at radius 1 is 1.41 bits per heavy atom. The van der Waals surface area contributed by atoms with Crippen LogP contribution in [0, 0.1) is 17.8 Å². The Hall–Kier alpha value is -3.88. The number of hydrogen-bond donors (Lipinski definition) is 3. The molecule has 1 aliphatic rings. The number of hydrogen-bond acceptors (Lipinski definition) is 8. The maximum absolute atomic E-state index is 12.5. The highest BCUT2D eigenvalue weighted by Gasteiger charge is 2.41. The lowest BCUT2D eigenvalue weighted by Crippen LogP contribution is -2.49. The third-order valence-corrected chi connectivity index (χ3v) is 5.28. The molecule has 1 atom stereocenters. The number of allylic oxidation sites excluding steroid dienone is 1. The largest absolute Gasteiger partial charge is 0.441 e. The van der Waals surface area contributed by atoms with Crippen molar-refractivity contribution in [3.05, 3.63) is 41.2 Å². The van der Waals surface area contributed by atoms with Gasteiger partial charge in [-0.3, -0.25) is 15.1 Å². The van der Waals surface area contributed by atoms with Crippen molar-refractivity contribution in [2.45, 2.75) is 20.0 Å². The summed E-state index contributed by atoms with van der Waals surface area (Å²) in [6.07, 6.45) is 8.01. The zero-order valence-electron chi connectivity index (χ0n) is 18.8. The molecule has 2 aromatic heterocycles. The zero-order chi connectivity index (χ0) is 24.9. The van der Waals surface area contributed by atoms with Gasteiger partial charge in [-0.2, -0.15) is 0 Å². The van der Waals surface area contributed by atoms with Gasteiger partial charge in [0.15, 0.2) is 11.5 Å². The molecule has 3 heterocycles. The third kappa shape index (κ3) is 5.54. The van der Waals surface area contributed by atoms with Crippen LogP contribution in [-0.4, -0.2) is 51.3 Å². The van der Waals surface area contributed by atoms with Gasteiger partial charge in [-0.1, -0.05) is 22.7 Å². The molecule has 2 amide bonds. The van der Waals surface area contributed by atoms with Gasteiger partial charge in [-0.05, 0) is 38.1 Å². The Bertz CT molecular complexity index is 1170. The summed E-state index contributed by atoms with van der Waals surface area (Å²) in [5.41, 5.74) is 6.70. The van der Waals surface area contributed by atoms with E-state index in [0.717, 1.165) is 0 Å². The molecule has 0 aromatic carbocycles. The van der Waals surface area contributed by atoms with Gasteiger partial charge >= 0.3 is 6.09 Å². The molecule has 178 valence electrons. The molecule has 0 saturated carbocycles. The Kier molecular flexibility index (Phi) is 7.55. The van der Waals surface area contributed by atoms with Gasteiger partial charge in [0.1, 0.15) is 11.3 Å². The summed E-state index contributed by atoms with van der Waals surface area (Å²) in [4.78, 5) is 29.2. The molecule has 4 N–H and O–H groups in total. The molecule has 12 heteroatoms. The average Bonchev–Trinajstić information content (AvgIpc) is 3.12. The van der Waals surface area contributed by atoms with Crippen molar-refractivity contribution >= 4 is 35.1 Å². The molecule has 1 fully saturated rings. The minimum Gasteiger partial charge on any atom is -0.441 e. The number of aryl methyl sites for hydroxylation is 1. The molecule has 34 heavy (non-hydrogen) atoms. The van der Waals surface area contributed by atoms with E-state index in [1.165, 1.54) is 23.0 Å². The van der Waals surface area contributed by atoms with Gasteiger partial charge in [0, 0.05) is 12.6 Å². The summed E-state index contributed by atoms with van der Waals surface area (Å²) >= 11 is 5.87. The van der Waals surface area contributed by atoms with Crippen LogP contribution in [0.2, 0.25) is 0 Å². The van der Waals surface area contributed by atoms with Crippen LogP contribution >= 0.6 is 11.6 Å². The fraction of sp³-hybridized carbons (Fsp3) is 0.318. The molecule has 0 radical (unpaired) electrons. The van der Waals surface area contributed by atoms with E-state index in [0.29, 0.717) is 35.9 Å². The van der Waals surface area contributed by atoms with Crippen molar-refractivity contribution < 1.29 is 19.1 Å². The number of anilines is 2. The van der Waals surface area contributed by atoms with Gasteiger partial charge in [-0.25, -0.2) is 9.48 Å². The van der Waals surface area contributed by atoms with Crippen LogP contribution in [0.15, 0.2) is 41.2 Å². The number of aromatic nitrogens is 4. The predicted molar refractivity (Wildman–Crippen MR) is 126 cm³/mol. The standard InChI is InChI=1S/C22H24ClN7O4/c1-5-6-7-15(18(23)24)13(2)34-21(32)27-19-17(28-29-30(19)4)16-9-8-14(10-25-16)26-20(31)22(3)11-33-12-22/h1,6-10,13H,11-12,24H2,2-4H3,(H,26,31)(H,27,32)/b7-6-,18-15+/t13-/m1/s1. The Labute approximate surface area is 201 Å². The van der Waals surface area contributed by atoms with Crippen molar-refractivity contribution in [3.63, 3.8) is 0 Å². The molecule has 0 spiro atoms. The minimum atomic E-state index is -0.788. The summed E-state index contributed by atoms with van der Waals surface area (Å²) in [6.45, 7) is 4.18. The monoisotopic (exact) mass is 485 g/mol. The highest BCUT2D eigenvalue weighted by atomic mass is 35.5. The number of rotatable bonds is 7. The molecular weight excluding hydrogens is 462 g/mol. The Balaban J connectivity index is 1.71. The number of nitrogens with one attached hydrogen (secondary N) is 2. The van der Waals surface area contributed by atoms with E-state index in [1.807, 2.05) is 6.92 Å². The zero-order valence-corrected chi connectivity index (χ0v) is 19.6. The lowest BCUT2D eigenvalue weighted by Gasteiger charge is -2.36. The quantitative estimate of drug-likeness (QED) is 0.308. The lowest BCUT2D eigenvalue weighted by atomic mass is 9.87. The second kappa shape index (κ2) is 10.4. The maximum Gasteiger partial charge on any atom is 0.413 e. The summed E-state index contributed by atoms with van der Waals surface area (Å²) in [6, 6.07) is 3.33. The van der Waals surface area contributed by atoms with Crippen molar-refractivity contribution in [2.75, 3.05) is 23.8 Å². The number of carbonyl (C=O) groups excluding carboxylic acids is 2. The van der Waals surface area contributed by atoms with Crippen LogP contribution in [0.4, 0.5) is 16.3 Å². The third-order valence-electron chi connectivity index (χ3n) is 5.06. The number of nitrogens with two attached hydrogens (primary N) is 1. The molecule has 3 rings (SSSR count). The van der Waals surface area contributed by atoms with E-state index < -0.39 is 17.6 Å². The van der Waals surface area contributed by atoms with Gasteiger partial charge in [0.25, 0.3) is 0 Å². The molecule has 1 aliphatic heterocycles. The number of carbonyl (C=O) groups is 2. The van der Waals surface area contributed by atoms with Gasteiger partial charge in [-0.15, -0.1) is 11.5 Å². The first-order chi connectivity index (χ1) is 16.1. The highest BCUT2D eigenvalue weighted by molar-refractivity contribution is 6.29. The van der Waals surface area contributed by atoms with Crippen molar-refractivity contribution in [2.24, 2.45) is 18.2 Å². The molecule has 2 aromatic rings. The molecule has 1 saturated heterocycles. The number of halogens is 1. The SMILES string of the molecule is C#C/C=C\C(=C(/N)Cl)[C@@H](C)OC(=O)Nc1c(-c2ccc(NC(=O)C3(C)COC3)cn2)nnn1C. The van der Waals surface area contributed by atoms with E-state index in [4.69, 9.17) is 33.2 Å². The summed E-state index contributed by atoms with van der Waals surface area (Å²) in [5.74, 6) is 2.43. The number of terminal acetylenes is 1. The first-order valence-corrected chi connectivity index (χ1v) is 10.5. The Morgan fingerprint density at radius 2 is 2.15 bits per heavy atom. The summed E-state index contributed by atoms with van der Waals surface area (Å²) in [5, 5.41) is 13.4. The van der Waals surface area contributed by atoms with Gasteiger partial charge in [0.2, 0.25) is 5.91 Å². The second-order valence-electron chi connectivity index (χ2n) is 7.83. The van der Waals surface area contributed by atoms with Crippen LogP contribution in [-0.2, 0) is 21.3 Å². The second-order valence-corrected chi connectivity index (χ2v) is 8.23. The van der Waals surface area contributed by atoms with Gasteiger partial charge in [0.05, 0.1) is 36.2 Å². The molecular formula is C22H24ClN7O4. The average molecular weight is 486 g/mol. The van der Waals surface area contributed by atoms with Crippen LogP contribution in [0.1, 0.15) is 13.8 Å². The number of amides is 2. The van der Waals surface area contributed by atoms with Crippen LogP contribution in [0.3, 0.4) is 0 Å². The van der Waals surface area contributed by atoms with E-state index in [9.17, 15) is 9.59 Å². The number of nitrogens with zero attached hydrogens (tertiary/aromatic N) is 4. The smallest absolute Gasteiger partial charge is 0.413 e. The molecule has 11 nitrogen and oxygen atoms in total. The first kappa shape index (κ1) is 24.8. The van der Waals surface area contributed by atoms with Crippen molar-refractivity contribution in [1.82, 2.24) is 20.0 Å². The number of pyridine rings is 1. The van der Waals surface area contributed by atoms with E-state index in [2.05, 4.69) is 31.9 Å². The summed E-state index contributed by atoms with van der Waals surface area (Å²) < 4.78 is 11.8. The van der Waals surface area contributed by atoms with Crippen LogP contribution < -0.4 is 16.4 Å². The Morgan fingerprint density at radius 3 is 2.71 bits per heavy atom. The topological polar surface area (TPSA) is 146 Å². The minimum absolute atomic E-state index is 0.0510.